The molecular weight excluding hydrogens is 272 g/mol. The average Bonchev–Trinajstić information content (AvgIpc) is 2.83. The second-order valence-electron chi connectivity index (χ2n) is 4.88. The van der Waals surface area contributed by atoms with E-state index in [1.807, 2.05) is 31.0 Å². The molecule has 110 valence electrons. The maximum Gasteiger partial charge on any atom is 0.270 e. The van der Waals surface area contributed by atoms with E-state index < -0.39 is 4.92 Å². The highest BCUT2D eigenvalue weighted by Crippen LogP contribution is 2.26. The summed E-state index contributed by atoms with van der Waals surface area (Å²) in [6.45, 7) is 3.73. The van der Waals surface area contributed by atoms with Gasteiger partial charge in [0.15, 0.2) is 5.78 Å². The van der Waals surface area contributed by atoms with Gasteiger partial charge in [-0.3, -0.25) is 14.9 Å². The van der Waals surface area contributed by atoms with Crippen molar-refractivity contribution in [3.05, 3.63) is 57.5 Å². The van der Waals surface area contributed by atoms with Crippen LogP contribution in [-0.4, -0.2) is 17.8 Å². The summed E-state index contributed by atoms with van der Waals surface area (Å²) < 4.78 is 5.50. The summed E-state index contributed by atoms with van der Waals surface area (Å²) in [4.78, 5) is 23.9. The third-order valence-corrected chi connectivity index (χ3v) is 3.17. The van der Waals surface area contributed by atoms with Crippen molar-refractivity contribution < 1.29 is 14.1 Å². The van der Waals surface area contributed by atoms with Crippen LogP contribution in [0.2, 0.25) is 0 Å². The van der Waals surface area contributed by atoms with E-state index in [9.17, 15) is 14.9 Å². The summed E-state index contributed by atoms with van der Waals surface area (Å²) in [5.74, 6) is 1.37. The number of furan rings is 1. The molecule has 1 heterocycles. The molecule has 1 aromatic carbocycles. The fourth-order valence-corrected chi connectivity index (χ4v) is 2.14. The molecule has 2 rings (SSSR count). The lowest BCUT2D eigenvalue weighted by atomic mass is 10.1. The monoisotopic (exact) mass is 288 g/mol. The van der Waals surface area contributed by atoms with E-state index >= 15 is 0 Å². The molecule has 0 spiro atoms. The van der Waals surface area contributed by atoms with Crippen molar-refractivity contribution in [3.63, 3.8) is 0 Å². The number of carbonyl (C=O) groups is 1. The zero-order valence-electron chi connectivity index (χ0n) is 12.1. The van der Waals surface area contributed by atoms with Gasteiger partial charge >= 0.3 is 0 Å². The van der Waals surface area contributed by atoms with Crippen LogP contribution < -0.4 is 4.90 Å². The number of non-ortho nitro benzene ring substituents is 1. The Bertz CT molecular complexity index is 691. The molecule has 0 amide bonds. The fraction of sp³-hybridized carbons (Fsp3) is 0.267. The second-order valence-corrected chi connectivity index (χ2v) is 4.88. The van der Waals surface area contributed by atoms with Crippen LogP contribution in [0.15, 0.2) is 34.7 Å². The van der Waals surface area contributed by atoms with Crippen molar-refractivity contribution >= 4 is 17.2 Å². The Balaban J connectivity index is 2.33. The zero-order chi connectivity index (χ0) is 15.6. The van der Waals surface area contributed by atoms with Gasteiger partial charge in [0.05, 0.1) is 11.5 Å². The third-order valence-electron chi connectivity index (χ3n) is 3.17. The molecule has 0 fully saturated rings. The minimum atomic E-state index is -0.508. The summed E-state index contributed by atoms with van der Waals surface area (Å²) in [5.41, 5.74) is 0.878. The van der Waals surface area contributed by atoms with Crippen LogP contribution in [0.3, 0.4) is 0 Å². The molecule has 0 bridgehead atoms. The summed E-state index contributed by atoms with van der Waals surface area (Å²) in [7, 11) is 1.81. The maximum absolute atomic E-state index is 11.7. The van der Waals surface area contributed by atoms with E-state index in [1.54, 1.807) is 6.07 Å². The van der Waals surface area contributed by atoms with E-state index in [1.165, 1.54) is 19.1 Å². The topological polar surface area (TPSA) is 76.6 Å². The molecule has 0 aliphatic carbocycles. The highest BCUT2D eigenvalue weighted by molar-refractivity contribution is 6.00. The van der Waals surface area contributed by atoms with Gasteiger partial charge in [-0.05, 0) is 32.0 Å². The third kappa shape index (κ3) is 3.28. The van der Waals surface area contributed by atoms with Crippen LogP contribution in [0, 0.1) is 17.0 Å². The molecule has 1 aromatic heterocycles. The molecule has 0 unspecified atom stereocenters. The Morgan fingerprint density at radius 2 is 2.05 bits per heavy atom. The van der Waals surface area contributed by atoms with Gasteiger partial charge in [0.25, 0.3) is 5.69 Å². The minimum absolute atomic E-state index is 0.0915. The standard InChI is InChI=1S/C15H16N2O4/c1-10-4-6-13(21-10)9-16(3)15-7-5-12(17(19)20)8-14(15)11(2)18/h4-8H,9H2,1-3H3. The largest absolute Gasteiger partial charge is 0.464 e. The Kier molecular flexibility index (Phi) is 4.07. The van der Waals surface area contributed by atoms with E-state index in [0.29, 0.717) is 17.8 Å². The normalized spacial score (nSPS) is 10.4. The number of Topliss-reactive ketones (excluding diaryl/α,β-unsaturated/α-hetero) is 1. The summed E-state index contributed by atoms with van der Waals surface area (Å²) in [6, 6.07) is 8.02. The quantitative estimate of drug-likeness (QED) is 0.479. The maximum atomic E-state index is 11.7. The molecule has 0 N–H and O–H groups in total. The van der Waals surface area contributed by atoms with E-state index in [4.69, 9.17) is 4.42 Å². The molecule has 2 aromatic rings. The minimum Gasteiger partial charge on any atom is -0.464 e. The number of aryl methyl sites for hydroxylation is 1. The first-order valence-electron chi connectivity index (χ1n) is 6.44. The number of ketones is 1. The molecule has 0 saturated carbocycles. The number of nitro benzene ring substituents is 1. The zero-order valence-corrected chi connectivity index (χ0v) is 12.1. The van der Waals surface area contributed by atoms with Gasteiger partial charge in [-0.1, -0.05) is 0 Å². The first-order valence-corrected chi connectivity index (χ1v) is 6.44. The number of rotatable bonds is 5. The van der Waals surface area contributed by atoms with E-state index in [0.717, 1.165) is 11.5 Å². The van der Waals surface area contributed by atoms with Crippen LogP contribution in [0.4, 0.5) is 11.4 Å². The highest BCUT2D eigenvalue weighted by Gasteiger charge is 2.17. The summed E-state index contributed by atoms with van der Waals surface area (Å²) in [5, 5.41) is 10.8. The van der Waals surface area contributed by atoms with Crippen molar-refractivity contribution in [2.75, 3.05) is 11.9 Å². The van der Waals surface area contributed by atoms with E-state index in [-0.39, 0.29) is 11.5 Å². The molecule has 0 aliphatic rings. The van der Waals surface area contributed by atoms with Gasteiger partial charge < -0.3 is 9.32 Å². The van der Waals surface area contributed by atoms with Crippen molar-refractivity contribution in [3.8, 4) is 0 Å². The lowest BCUT2D eigenvalue weighted by molar-refractivity contribution is -0.384. The number of hydrogen-bond donors (Lipinski definition) is 0. The number of nitro groups is 1. The van der Waals surface area contributed by atoms with Gasteiger partial charge in [0.2, 0.25) is 0 Å². The first-order chi connectivity index (χ1) is 9.88. The van der Waals surface area contributed by atoms with Gasteiger partial charge in [-0.25, -0.2) is 0 Å². The molecule has 21 heavy (non-hydrogen) atoms. The molecule has 0 saturated heterocycles. The second kappa shape index (κ2) is 5.78. The van der Waals surface area contributed by atoms with Crippen LogP contribution in [0.25, 0.3) is 0 Å². The molecular formula is C15H16N2O4. The lowest BCUT2D eigenvalue weighted by Gasteiger charge is -2.20. The Hall–Kier alpha value is -2.63. The number of anilines is 1. The fourth-order valence-electron chi connectivity index (χ4n) is 2.14. The summed E-state index contributed by atoms with van der Waals surface area (Å²) >= 11 is 0. The highest BCUT2D eigenvalue weighted by atomic mass is 16.6. The van der Waals surface area contributed by atoms with Gasteiger partial charge in [0.1, 0.15) is 11.5 Å². The molecule has 0 radical (unpaired) electrons. The van der Waals surface area contributed by atoms with Crippen LogP contribution in [0.1, 0.15) is 28.8 Å². The van der Waals surface area contributed by atoms with Crippen LogP contribution in [-0.2, 0) is 6.54 Å². The Labute approximate surface area is 122 Å². The van der Waals surface area contributed by atoms with E-state index in [2.05, 4.69) is 0 Å². The average molecular weight is 288 g/mol. The predicted octanol–water partition coefficient (Wildman–Crippen LogP) is 3.34. The Morgan fingerprint density at radius 1 is 1.33 bits per heavy atom. The molecule has 0 aliphatic heterocycles. The van der Waals surface area contributed by atoms with Crippen LogP contribution >= 0.6 is 0 Å². The smallest absolute Gasteiger partial charge is 0.270 e. The number of carbonyl (C=O) groups excluding carboxylic acids is 1. The van der Waals surface area contributed by atoms with Crippen molar-refractivity contribution in [1.82, 2.24) is 0 Å². The first kappa shape index (κ1) is 14.8. The Morgan fingerprint density at radius 3 is 2.57 bits per heavy atom. The van der Waals surface area contributed by atoms with Gasteiger partial charge in [-0.15, -0.1) is 0 Å². The SMILES string of the molecule is CC(=O)c1cc([N+](=O)[O-])ccc1N(C)Cc1ccc(C)o1. The lowest BCUT2D eigenvalue weighted by Crippen LogP contribution is -2.18. The van der Waals surface area contributed by atoms with Gasteiger partial charge in [-0.2, -0.15) is 0 Å². The van der Waals surface area contributed by atoms with Crippen molar-refractivity contribution in [2.24, 2.45) is 0 Å². The predicted molar refractivity (Wildman–Crippen MR) is 78.7 cm³/mol. The molecule has 0 atom stereocenters. The number of benzene rings is 1. The number of nitrogens with zero attached hydrogens (tertiary/aromatic N) is 2. The molecule has 6 heteroatoms. The summed E-state index contributed by atoms with van der Waals surface area (Å²) in [6.07, 6.45) is 0. The van der Waals surface area contributed by atoms with Crippen LogP contribution in [0.5, 0.6) is 0 Å². The molecule has 6 nitrogen and oxygen atoms in total. The van der Waals surface area contributed by atoms with Gasteiger partial charge in [0, 0.05) is 30.4 Å². The number of hydrogen-bond acceptors (Lipinski definition) is 5. The van der Waals surface area contributed by atoms with Crippen molar-refractivity contribution in [1.29, 1.82) is 0 Å². The van der Waals surface area contributed by atoms with Crippen molar-refractivity contribution in [2.45, 2.75) is 20.4 Å².